The number of allylic oxidation sites excluding steroid dienone is 3. The molecule has 0 saturated carbocycles. The number of aldehydes is 1. The summed E-state index contributed by atoms with van der Waals surface area (Å²) in [6, 6.07) is 4.20. The second kappa shape index (κ2) is 12.6. The summed E-state index contributed by atoms with van der Waals surface area (Å²) in [5.41, 5.74) is 13.1. The highest BCUT2D eigenvalue weighted by Gasteiger charge is 2.14. The van der Waals surface area contributed by atoms with E-state index in [0.29, 0.717) is 40.1 Å². The van der Waals surface area contributed by atoms with E-state index >= 15 is 0 Å². The lowest BCUT2D eigenvalue weighted by Crippen LogP contribution is -2.05. The van der Waals surface area contributed by atoms with Gasteiger partial charge >= 0.3 is 5.97 Å². The third-order valence-electron chi connectivity index (χ3n) is 4.11. The van der Waals surface area contributed by atoms with Gasteiger partial charge in [-0.2, -0.15) is 13.5 Å². The zero-order valence-corrected chi connectivity index (χ0v) is 20.6. The Morgan fingerprint density at radius 1 is 1.32 bits per heavy atom. The van der Waals surface area contributed by atoms with Crippen molar-refractivity contribution in [2.45, 2.75) is 13.8 Å². The Bertz CT molecular complexity index is 1250. The number of hydrogen-bond acceptors (Lipinski definition) is 9. The van der Waals surface area contributed by atoms with Gasteiger partial charge in [-0.25, -0.2) is 4.79 Å². The van der Waals surface area contributed by atoms with Crippen molar-refractivity contribution in [2.24, 2.45) is 12.8 Å². The minimum Gasteiger partial charge on any atom is -0.478 e. The fraction of sp³-hybridized carbons (Fsp3) is 0.190. The topological polar surface area (TPSA) is 191 Å². The maximum absolute atomic E-state index is 11.0. The Hall–Kier alpha value is -3.55. The van der Waals surface area contributed by atoms with Crippen LogP contribution in [0, 0.1) is 6.92 Å². The van der Waals surface area contributed by atoms with E-state index in [4.69, 9.17) is 21.1 Å². The quantitative estimate of drug-likeness (QED) is 0.200. The number of carboxylic acids is 1. The number of thioether (sulfide) groups is 1. The Labute approximate surface area is 202 Å². The predicted octanol–water partition coefficient (Wildman–Crippen LogP) is 3.06. The summed E-state index contributed by atoms with van der Waals surface area (Å²) in [6.45, 7) is 3.60. The smallest absolute Gasteiger partial charge is 0.335 e. The van der Waals surface area contributed by atoms with E-state index in [1.54, 1.807) is 20.0 Å². The number of carboxylic acid groups (broad SMARTS) is 1. The number of aromatic nitrogens is 2. The molecule has 0 atom stereocenters. The van der Waals surface area contributed by atoms with E-state index in [-0.39, 0.29) is 11.3 Å². The van der Waals surface area contributed by atoms with Crippen LogP contribution in [0.1, 0.15) is 33.3 Å². The molecule has 0 amide bonds. The number of benzene rings is 1. The molecule has 0 aliphatic rings. The third kappa shape index (κ3) is 8.77. The van der Waals surface area contributed by atoms with Crippen LogP contribution in [0.25, 0.3) is 0 Å². The van der Waals surface area contributed by atoms with Gasteiger partial charge in [0.15, 0.2) is 12.1 Å². The summed E-state index contributed by atoms with van der Waals surface area (Å²) in [6.07, 6.45) is 7.55. The first kappa shape index (κ1) is 28.5. The molecule has 11 nitrogen and oxygen atoms in total. The molecular weight excluding hydrogens is 482 g/mol. The number of hydrogen-bond donors (Lipinski definition) is 5. The molecule has 13 heteroatoms. The van der Waals surface area contributed by atoms with E-state index < -0.39 is 16.1 Å². The van der Waals surface area contributed by atoms with Crippen molar-refractivity contribution in [2.75, 3.05) is 17.3 Å². The van der Waals surface area contributed by atoms with Gasteiger partial charge in [-0.05, 0) is 44.4 Å². The van der Waals surface area contributed by atoms with Gasteiger partial charge in [0.2, 0.25) is 0 Å². The lowest BCUT2D eigenvalue weighted by Gasteiger charge is -2.10. The summed E-state index contributed by atoms with van der Waals surface area (Å²) in [5, 5.41) is 16.7. The Kier molecular flexibility index (Phi) is 10.6. The van der Waals surface area contributed by atoms with Crippen LogP contribution in [0.4, 0.5) is 17.2 Å². The standard InChI is InChI=1S/C13H14N4O3.C8H13NO3S2/c1-7-11(14)12(17(2)16-7)15-10-5-8(13(19)20)3-4-9(10)6-18;1-3-4-8(13-2)5-7(9)6-14(10,11)12/h3-6,15H,14H2,1-2H3,(H,19,20);3-6H,9H2,1-2H3,(H,10,11,12)/b;4-3-,7-6-,8-5+. The van der Waals surface area contributed by atoms with Crippen molar-refractivity contribution in [3.63, 3.8) is 0 Å². The molecular formula is C21H27N5O6S2. The zero-order valence-electron chi connectivity index (χ0n) is 19.0. The number of carbonyl (C=O) groups excluding carboxylic acids is 1. The largest absolute Gasteiger partial charge is 0.478 e. The van der Waals surface area contributed by atoms with E-state index in [9.17, 15) is 18.0 Å². The van der Waals surface area contributed by atoms with Crippen LogP contribution in [-0.4, -0.2) is 46.4 Å². The van der Waals surface area contributed by atoms with Crippen molar-refractivity contribution in [1.29, 1.82) is 0 Å². The van der Waals surface area contributed by atoms with Crippen molar-refractivity contribution in [1.82, 2.24) is 9.78 Å². The van der Waals surface area contributed by atoms with Gasteiger partial charge < -0.3 is 21.9 Å². The number of anilines is 3. The van der Waals surface area contributed by atoms with Crippen LogP contribution in [0.5, 0.6) is 0 Å². The Morgan fingerprint density at radius 3 is 2.41 bits per heavy atom. The molecule has 0 spiro atoms. The number of nitrogens with one attached hydrogen (secondary N) is 1. The van der Waals surface area contributed by atoms with E-state index in [0.717, 1.165) is 4.91 Å². The van der Waals surface area contributed by atoms with Gasteiger partial charge in [0.1, 0.15) is 0 Å². The number of nitrogen functional groups attached to an aromatic ring is 1. The normalized spacial score (nSPS) is 12.3. The second-order valence-corrected chi connectivity index (χ2v) is 8.85. The molecule has 184 valence electrons. The van der Waals surface area contributed by atoms with E-state index in [1.807, 2.05) is 19.3 Å². The monoisotopic (exact) mass is 509 g/mol. The maximum Gasteiger partial charge on any atom is 0.335 e. The second-order valence-electron chi connectivity index (χ2n) is 6.70. The van der Waals surface area contributed by atoms with Crippen LogP contribution in [-0.2, 0) is 17.2 Å². The fourth-order valence-electron chi connectivity index (χ4n) is 2.56. The van der Waals surface area contributed by atoms with Crippen LogP contribution in [0.3, 0.4) is 0 Å². The minimum absolute atomic E-state index is 0.00468. The number of nitrogens with zero attached hydrogens (tertiary/aromatic N) is 2. The number of nitrogens with two attached hydrogens (primary N) is 2. The number of aryl methyl sites for hydroxylation is 2. The molecule has 0 fully saturated rings. The summed E-state index contributed by atoms with van der Waals surface area (Å²) in [5.74, 6) is -0.562. The van der Waals surface area contributed by atoms with Crippen molar-refractivity contribution >= 4 is 51.3 Å². The molecule has 0 aliphatic heterocycles. The molecule has 2 aromatic rings. The first-order valence-corrected chi connectivity index (χ1v) is 12.3. The first-order chi connectivity index (χ1) is 15.8. The number of aromatic carboxylic acids is 1. The van der Waals surface area contributed by atoms with E-state index in [2.05, 4.69) is 10.4 Å². The van der Waals surface area contributed by atoms with Gasteiger partial charge in [-0.1, -0.05) is 12.2 Å². The summed E-state index contributed by atoms with van der Waals surface area (Å²) in [4.78, 5) is 22.8. The van der Waals surface area contributed by atoms with Gasteiger partial charge in [0.25, 0.3) is 10.1 Å². The molecule has 34 heavy (non-hydrogen) atoms. The third-order valence-corrected chi connectivity index (χ3v) is 5.40. The molecule has 1 aromatic carbocycles. The molecule has 2 rings (SSSR count). The van der Waals surface area contributed by atoms with E-state index in [1.165, 1.54) is 40.7 Å². The van der Waals surface area contributed by atoms with Crippen LogP contribution >= 0.6 is 11.8 Å². The predicted molar refractivity (Wildman–Crippen MR) is 135 cm³/mol. The molecule has 7 N–H and O–H groups in total. The SMILES string of the molecule is C\C=C/C(=C\C(N)=C\S(=O)(=O)O)SC.Cc1nn(C)c(Nc2cc(C(=O)O)ccc2C=O)c1N. The van der Waals surface area contributed by atoms with Crippen molar-refractivity contribution < 1.29 is 27.7 Å². The summed E-state index contributed by atoms with van der Waals surface area (Å²) < 4.78 is 30.8. The lowest BCUT2D eigenvalue weighted by atomic mass is 10.1. The van der Waals surface area contributed by atoms with Crippen LogP contribution in [0.15, 0.2) is 52.4 Å². The van der Waals surface area contributed by atoms with Crippen LogP contribution < -0.4 is 16.8 Å². The van der Waals surface area contributed by atoms with Gasteiger partial charge in [0.05, 0.1) is 28.0 Å². The fourth-order valence-corrected chi connectivity index (χ4v) is 3.50. The molecule has 0 bridgehead atoms. The minimum atomic E-state index is -4.16. The lowest BCUT2D eigenvalue weighted by molar-refractivity contribution is 0.0696. The summed E-state index contributed by atoms with van der Waals surface area (Å²) in [7, 11) is -2.46. The molecule has 0 radical (unpaired) electrons. The highest BCUT2D eigenvalue weighted by atomic mass is 32.2. The van der Waals surface area contributed by atoms with Crippen molar-refractivity contribution in [3.05, 3.63) is 69.3 Å². The average molecular weight is 510 g/mol. The Morgan fingerprint density at radius 2 is 1.97 bits per heavy atom. The van der Waals surface area contributed by atoms with Gasteiger partial charge in [-0.3, -0.25) is 14.0 Å². The number of carbonyl (C=O) groups is 2. The zero-order chi connectivity index (χ0) is 26.1. The molecule has 0 unspecified atom stereocenters. The number of rotatable bonds is 8. The highest BCUT2D eigenvalue weighted by Crippen LogP contribution is 2.27. The van der Waals surface area contributed by atoms with Crippen LogP contribution in [0.2, 0.25) is 0 Å². The average Bonchev–Trinajstić information content (AvgIpc) is 2.98. The summed E-state index contributed by atoms with van der Waals surface area (Å²) >= 11 is 1.43. The Balaban J connectivity index is 0.000000365. The van der Waals surface area contributed by atoms with Crippen molar-refractivity contribution in [3.8, 4) is 0 Å². The first-order valence-electron chi connectivity index (χ1n) is 9.54. The molecule has 0 saturated heterocycles. The maximum atomic E-state index is 11.0. The van der Waals surface area contributed by atoms with Gasteiger partial charge in [0, 0.05) is 23.2 Å². The highest BCUT2D eigenvalue weighted by molar-refractivity contribution is 8.02. The molecule has 1 heterocycles. The molecule has 0 aliphatic carbocycles. The molecule has 1 aromatic heterocycles. The van der Waals surface area contributed by atoms with Gasteiger partial charge in [-0.15, -0.1) is 11.8 Å².